The fourth-order valence-electron chi connectivity index (χ4n) is 1.73. The number of hydrogen-bond donors (Lipinski definition) is 2. The van der Waals surface area contributed by atoms with Crippen LogP contribution < -0.4 is 5.32 Å². The Morgan fingerprint density at radius 3 is 2.70 bits per heavy atom. The van der Waals surface area contributed by atoms with Gasteiger partial charge in [0.25, 0.3) is 0 Å². The van der Waals surface area contributed by atoms with Gasteiger partial charge in [-0.2, -0.15) is 0 Å². The minimum Gasteiger partial charge on any atom is -0.396 e. The van der Waals surface area contributed by atoms with Gasteiger partial charge in [-0.25, -0.2) is 0 Å². The Labute approximate surface area is 62.6 Å². The number of hydrogen-bond acceptors (Lipinski definition) is 2. The van der Waals surface area contributed by atoms with Crippen molar-refractivity contribution in [3.8, 4) is 0 Å². The maximum absolute atomic E-state index is 8.73. The average Bonchev–Trinajstić information content (AvgIpc) is 2.13. The Morgan fingerprint density at radius 1 is 1.60 bits per heavy atom. The first-order valence-corrected chi connectivity index (χ1v) is 4.02. The van der Waals surface area contributed by atoms with Crippen molar-refractivity contribution in [2.24, 2.45) is 5.92 Å². The van der Waals surface area contributed by atoms with Gasteiger partial charge in [0, 0.05) is 12.1 Å². The molecule has 1 saturated heterocycles. The fraction of sp³-hybridized carbons (Fsp3) is 1.00. The molecule has 1 rings (SSSR count). The summed E-state index contributed by atoms with van der Waals surface area (Å²) in [5, 5.41) is 12.2. The first-order chi connectivity index (χ1) is 4.67. The zero-order chi connectivity index (χ0) is 7.61. The van der Waals surface area contributed by atoms with Crippen molar-refractivity contribution >= 4 is 0 Å². The van der Waals surface area contributed by atoms with Crippen LogP contribution in [-0.4, -0.2) is 23.8 Å². The maximum Gasteiger partial charge on any atom is 0.0434 e. The van der Waals surface area contributed by atoms with Crippen molar-refractivity contribution in [3.05, 3.63) is 0 Å². The summed E-state index contributed by atoms with van der Waals surface area (Å²) in [4.78, 5) is 0. The third kappa shape index (κ3) is 1.50. The van der Waals surface area contributed by atoms with Gasteiger partial charge in [-0.15, -0.1) is 0 Å². The third-order valence-corrected chi connectivity index (χ3v) is 2.57. The van der Waals surface area contributed by atoms with Crippen LogP contribution in [0.25, 0.3) is 0 Å². The Bertz CT molecular complexity index is 112. The highest BCUT2D eigenvalue weighted by atomic mass is 16.3. The van der Waals surface area contributed by atoms with Gasteiger partial charge in [0.15, 0.2) is 0 Å². The molecule has 1 heterocycles. The van der Waals surface area contributed by atoms with Gasteiger partial charge in [0.05, 0.1) is 0 Å². The van der Waals surface area contributed by atoms with E-state index in [2.05, 4.69) is 19.2 Å². The molecule has 0 aliphatic carbocycles. The van der Waals surface area contributed by atoms with Crippen LogP contribution in [0.4, 0.5) is 0 Å². The highest BCUT2D eigenvalue weighted by molar-refractivity contribution is 4.91. The zero-order valence-electron chi connectivity index (χ0n) is 6.85. The molecule has 10 heavy (non-hydrogen) atoms. The van der Waals surface area contributed by atoms with Crippen LogP contribution in [0.1, 0.15) is 26.7 Å². The van der Waals surface area contributed by atoms with Crippen molar-refractivity contribution in [2.45, 2.75) is 32.2 Å². The summed E-state index contributed by atoms with van der Waals surface area (Å²) in [5.41, 5.74) is 0.253. The van der Waals surface area contributed by atoms with E-state index in [0.717, 1.165) is 13.0 Å². The molecule has 2 nitrogen and oxygen atoms in total. The lowest BCUT2D eigenvalue weighted by atomic mass is 9.87. The van der Waals surface area contributed by atoms with E-state index < -0.39 is 0 Å². The lowest BCUT2D eigenvalue weighted by Crippen LogP contribution is -2.38. The summed E-state index contributed by atoms with van der Waals surface area (Å²) in [6, 6.07) is 0. The van der Waals surface area contributed by atoms with E-state index in [0.29, 0.717) is 12.5 Å². The second-order valence-electron chi connectivity index (χ2n) is 3.65. The molecule has 0 aromatic carbocycles. The maximum atomic E-state index is 8.73. The molecular weight excluding hydrogens is 126 g/mol. The van der Waals surface area contributed by atoms with Crippen molar-refractivity contribution < 1.29 is 5.11 Å². The molecular formula is C8H17NO. The molecule has 0 radical (unpaired) electrons. The largest absolute Gasteiger partial charge is 0.396 e. The van der Waals surface area contributed by atoms with Crippen molar-refractivity contribution in [1.29, 1.82) is 0 Å². The van der Waals surface area contributed by atoms with Crippen LogP contribution in [0.5, 0.6) is 0 Å². The van der Waals surface area contributed by atoms with Crippen LogP contribution in [0.3, 0.4) is 0 Å². The monoisotopic (exact) mass is 143 g/mol. The quantitative estimate of drug-likeness (QED) is 0.598. The van der Waals surface area contributed by atoms with Crippen molar-refractivity contribution in [2.75, 3.05) is 13.2 Å². The minimum absolute atomic E-state index is 0.253. The first kappa shape index (κ1) is 8.02. The predicted molar refractivity (Wildman–Crippen MR) is 41.9 cm³/mol. The molecule has 1 fully saturated rings. The highest BCUT2D eigenvalue weighted by Gasteiger charge is 2.32. The standard InChI is InChI=1S/C8H17NO/c1-8(2)7(4-6-10)3-5-9-8/h7,9-10H,3-6H2,1-2H3. The van der Waals surface area contributed by atoms with Gasteiger partial charge in [0.1, 0.15) is 0 Å². The molecule has 1 aliphatic rings. The van der Waals surface area contributed by atoms with Crippen LogP contribution in [0, 0.1) is 5.92 Å². The summed E-state index contributed by atoms with van der Waals surface area (Å²) < 4.78 is 0. The van der Waals surface area contributed by atoms with Gasteiger partial charge in [-0.3, -0.25) is 0 Å². The Morgan fingerprint density at radius 2 is 2.30 bits per heavy atom. The molecule has 0 aromatic heterocycles. The molecule has 0 saturated carbocycles. The number of nitrogens with one attached hydrogen (secondary N) is 1. The SMILES string of the molecule is CC1(C)NCCC1CCO. The van der Waals surface area contributed by atoms with Gasteiger partial charge < -0.3 is 10.4 Å². The Hall–Kier alpha value is -0.0800. The Balaban J connectivity index is 2.43. The summed E-state index contributed by atoms with van der Waals surface area (Å²) >= 11 is 0. The fourth-order valence-corrected chi connectivity index (χ4v) is 1.73. The van der Waals surface area contributed by atoms with E-state index in [4.69, 9.17) is 5.11 Å². The molecule has 1 aliphatic heterocycles. The van der Waals surface area contributed by atoms with E-state index in [9.17, 15) is 0 Å². The van der Waals surface area contributed by atoms with Gasteiger partial charge in [0.2, 0.25) is 0 Å². The number of rotatable bonds is 2. The van der Waals surface area contributed by atoms with E-state index in [1.54, 1.807) is 0 Å². The van der Waals surface area contributed by atoms with Crippen LogP contribution in [0.15, 0.2) is 0 Å². The summed E-state index contributed by atoms with van der Waals surface area (Å²) in [6.07, 6.45) is 2.16. The van der Waals surface area contributed by atoms with E-state index in [1.807, 2.05) is 0 Å². The normalized spacial score (nSPS) is 30.9. The van der Waals surface area contributed by atoms with E-state index >= 15 is 0 Å². The van der Waals surface area contributed by atoms with Crippen molar-refractivity contribution in [1.82, 2.24) is 5.32 Å². The molecule has 0 bridgehead atoms. The molecule has 60 valence electrons. The predicted octanol–water partition coefficient (Wildman–Crippen LogP) is 0.757. The molecule has 0 amide bonds. The van der Waals surface area contributed by atoms with Crippen LogP contribution >= 0.6 is 0 Å². The van der Waals surface area contributed by atoms with Gasteiger partial charge in [-0.1, -0.05) is 0 Å². The van der Waals surface area contributed by atoms with E-state index in [-0.39, 0.29) is 5.54 Å². The first-order valence-electron chi connectivity index (χ1n) is 4.02. The smallest absolute Gasteiger partial charge is 0.0434 e. The Kier molecular flexibility index (Phi) is 2.32. The molecule has 0 spiro atoms. The minimum atomic E-state index is 0.253. The van der Waals surface area contributed by atoms with E-state index in [1.165, 1.54) is 6.42 Å². The van der Waals surface area contributed by atoms with Crippen LogP contribution in [-0.2, 0) is 0 Å². The molecule has 1 atom stereocenters. The number of aliphatic hydroxyl groups excluding tert-OH is 1. The average molecular weight is 143 g/mol. The third-order valence-electron chi connectivity index (χ3n) is 2.57. The lowest BCUT2D eigenvalue weighted by Gasteiger charge is -2.26. The second-order valence-corrected chi connectivity index (χ2v) is 3.65. The zero-order valence-corrected chi connectivity index (χ0v) is 6.85. The molecule has 0 aromatic rings. The second kappa shape index (κ2) is 2.89. The highest BCUT2D eigenvalue weighted by Crippen LogP contribution is 2.27. The topological polar surface area (TPSA) is 32.3 Å². The van der Waals surface area contributed by atoms with Crippen LogP contribution in [0.2, 0.25) is 0 Å². The molecule has 2 heteroatoms. The summed E-state index contributed by atoms with van der Waals surface area (Å²) in [5.74, 6) is 0.664. The number of aliphatic hydroxyl groups is 1. The summed E-state index contributed by atoms with van der Waals surface area (Å²) in [6.45, 7) is 5.86. The van der Waals surface area contributed by atoms with Gasteiger partial charge >= 0.3 is 0 Å². The van der Waals surface area contributed by atoms with Gasteiger partial charge in [-0.05, 0) is 39.2 Å². The molecule has 2 N–H and O–H groups in total. The molecule has 1 unspecified atom stereocenters. The van der Waals surface area contributed by atoms with Crippen molar-refractivity contribution in [3.63, 3.8) is 0 Å². The summed E-state index contributed by atoms with van der Waals surface area (Å²) in [7, 11) is 0. The lowest BCUT2D eigenvalue weighted by molar-refractivity contribution is 0.222.